The van der Waals surface area contributed by atoms with Crippen molar-refractivity contribution in [2.24, 2.45) is 0 Å². The number of hydrogen-bond acceptors (Lipinski definition) is 16. The van der Waals surface area contributed by atoms with Crippen LogP contribution in [0.2, 0.25) is 0 Å². The Labute approximate surface area is 268 Å². The molecule has 4 aromatic rings. The van der Waals surface area contributed by atoms with Crippen molar-refractivity contribution in [3.63, 3.8) is 0 Å². The number of aliphatic hydroxyl groups is 4. The van der Waals surface area contributed by atoms with Crippen molar-refractivity contribution in [3.8, 4) is 11.5 Å². The fourth-order valence-electron chi connectivity index (χ4n) is 7.44. The maximum atomic E-state index is 14.5. The van der Waals surface area contributed by atoms with Crippen LogP contribution in [0, 0.1) is 13.8 Å². The molecule has 0 saturated carbocycles. The predicted molar refractivity (Wildman–Crippen MR) is 160 cm³/mol. The normalized spacial score (nSPS) is 26.1. The second kappa shape index (κ2) is 10.5. The Morgan fingerprint density at radius 1 is 0.604 bits per heavy atom. The van der Waals surface area contributed by atoms with E-state index in [1.165, 1.54) is 26.0 Å². The number of carbonyl (C=O) groups excluding carboxylic acids is 2. The maximum absolute atomic E-state index is 14.5. The Bertz CT molecular complexity index is 2030. The van der Waals surface area contributed by atoms with Gasteiger partial charge < -0.3 is 58.4 Å². The Morgan fingerprint density at radius 2 is 0.917 bits per heavy atom. The first-order valence-corrected chi connectivity index (χ1v) is 14.2. The number of hydrogen-bond donors (Lipinski definition) is 6. The highest BCUT2D eigenvalue weighted by atomic mass is 16.7. The number of ether oxygens (including phenoxy) is 4. The summed E-state index contributed by atoms with van der Waals surface area (Å²) in [5.74, 6) is -11.3. The molecule has 16 nitrogen and oxygen atoms in total. The largest absolute Gasteiger partial charge is 0.507 e. The number of aromatic hydroxyl groups is 2. The lowest BCUT2D eigenvalue weighted by Gasteiger charge is -2.62. The zero-order chi connectivity index (χ0) is 35.5. The molecule has 48 heavy (non-hydrogen) atoms. The molecule has 0 fully saturated rings. The second-order valence-corrected chi connectivity index (χ2v) is 11.6. The summed E-state index contributed by atoms with van der Waals surface area (Å²) in [6, 6.07) is 4.76. The van der Waals surface area contributed by atoms with Gasteiger partial charge >= 0.3 is 11.3 Å². The molecular weight excluding hydrogens is 640 g/mol. The number of methoxy groups -OCH3 is 4. The number of carbonyl (C=O) groups is 2. The SMILES string of the molecule is COC1(OC)C(=O)c2cc3cc(C)oc(=O)c3c(O)c2C(O)C1(O)C1(O)C(O)c2c(cc3cc(C)oc(=O)c3c2O)C(=O)C1(OC)OC. The van der Waals surface area contributed by atoms with Crippen LogP contribution in [0.3, 0.4) is 0 Å². The van der Waals surface area contributed by atoms with Crippen LogP contribution in [0.1, 0.15) is 55.6 Å². The van der Waals surface area contributed by atoms with E-state index in [2.05, 4.69) is 0 Å². The van der Waals surface area contributed by atoms with Crippen molar-refractivity contribution in [1.29, 1.82) is 0 Å². The number of ketones is 2. The minimum absolute atomic E-state index is 0.0263. The number of phenolic OH excluding ortho intramolecular Hbond substituents is 2. The summed E-state index contributed by atoms with van der Waals surface area (Å²) in [6.45, 7) is 2.85. The standard InChI is InChI=1S/C32H30O16/c1-11-7-13-9-15-19(21(33)17(13)27(39)47-11)25(37)29(41,31(43-3,44-4)23(15)35)30(42)26(38)20-16(24(36)32(30,45-5)46-6)10-14-8-12(2)48-28(40)18(14)22(20)34/h7-10,25-26,33-34,37-38,41-42H,1-6H3. The Kier molecular flexibility index (Phi) is 7.29. The van der Waals surface area contributed by atoms with E-state index < -0.39 is 102 Å². The summed E-state index contributed by atoms with van der Waals surface area (Å²) in [5, 5.41) is 71.6. The number of rotatable bonds is 5. The summed E-state index contributed by atoms with van der Waals surface area (Å²) in [4.78, 5) is 54.6. The number of aryl methyl sites for hydroxylation is 2. The quantitative estimate of drug-likeness (QED) is 0.158. The number of phenols is 2. The van der Waals surface area contributed by atoms with Gasteiger partial charge in [0.05, 0.1) is 0 Å². The molecule has 254 valence electrons. The van der Waals surface area contributed by atoms with Gasteiger partial charge in [-0.15, -0.1) is 0 Å². The summed E-state index contributed by atoms with van der Waals surface area (Å²) >= 11 is 0. The van der Waals surface area contributed by atoms with Crippen molar-refractivity contribution in [2.45, 2.75) is 48.8 Å². The third kappa shape index (κ3) is 3.54. The molecule has 2 aromatic heterocycles. The van der Waals surface area contributed by atoms with E-state index in [4.69, 9.17) is 27.8 Å². The molecule has 6 rings (SSSR count). The molecule has 0 bridgehead atoms. The van der Waals surface area contributed by atoms with Gasteiger partial charge in [-0.25, -0.2) is 9.59 Å². The molecule has 4 atom stereocenters. The molecule has 2 aliphatic carbocycles. The Morgan fingerprint density at radius 3 is 1.21 bits per heavy atom. The van der Waals surface area contributed by atoms with Crippen molar-refractivity contribution >= 4 is 33.1 Å². The maximum Gasteiger partial charge on any atom is 0.347 e. The van der Waals surface area contributed by atoms with E-state index in [-0.39, 0.29) is 22.3 Å². The van der Waals surface area contributed by atoms with Gasteiger partial charge in [-0.05, 0) is 48.9 Å². The zero-order valence-corrected chi connectivity index (χ0v) is 26.2. The van der Waals surface area contributed by atoms with Gasteiger partial charge in [-0.2, -0.15) is 0 Å². The fraction of sp³-hybridized carbons (Fsp3) is 0.375. The molecule has 0 radical (unpaired) electrons. The van der Waals surface area contributed by atoms with Crippen LogP contribution < -0.4 is 11.3 Å². The molecule has 0 amide bonds. The van der Waals surface area contributed by atoms with Crippen LogP contribution >= 0.6 is 0 Å². The molecule has 2 aromatic carbocycles. The Hall–Kier alpha value is -4.52. The van der Waals surface area contributed by atoms with Gasteiger partial charge in [0.25, 0.3) is 11.6 Å². The highest BCUT2D eigenvalue weighted by Gasteiger charge is 2.84. The topological polar surface area (TPSA) is 253 Å². The van der Waals surface area contributed by atoms with E-state index in [1.54, 1.807) is 0 Å². The first-order valence-electron chi connectivity index (χ1n) is 14.2. The first-order chi connectivity index (χ1) is 22.5. The van der Waals surface area contributed by atoms with Gasteiger partial charge in [0, 0.05) is 50.7 Å². The highest BCUT2D eigenvalue weighted by Crippen LogP contribution is 2.63. The molecule has 0 spiro atoms. The molecule has 0 saturated heterocycles. The minimum Gasteiger partial charge on any atom is -0.507 e. The highest BCUT2D eigenvalue weighted by molar-refractivity contribution is 6.12. The van der Waals surface area contributed by atoms with Crippen LogP contribution in [-0.2, 0) is 18.9 Å². The van der Waals surface area contributed by atoms with Gasteiger partial charge in [0.2, 0.25) is 11.6 Å². The van der Waals surface area contributed by atoms with Gasteiger partial charge in [-0.3, -0.25) is 9.59 Å². The van der Waals surface area contributed by atoms with Gasteiger partial charge in [-0.1, -0.05) is 0 Å². The number of Topliss-reactive ketones (excluding diaryl/α,β-unsaturated/α-hetero) is 2. The summed E-state index contributed by atoms with van der Waals surface area (Å²) in [7, 11) is 3.33. The van der Waals surface area contributed by atoms with Gasteiger partial charge in [0.15, 0.2) is 11.2 Å². The molecule has 2 heterocycles. The lowest BCUT2D eigenvalue weighted by atomic mass is 9.55. The number of benzene rings is 2. The zero-order valence-electron chi connectivity index (χ0n) is 26.2. The molecule has 6 N–H and O–H groups in total. The van der Waals surface area contributed by atoms with Crippen molar-refractivity contribution < 1.29 is 68.0 Å². The molecular formula is C32H30O16. The summed E-state index contributed by atoms with van der Waals surface area (Å²) in [6.07, 6.45) is -5.60. The minimum atomic E-state index is -3.86. The average molecular weight is 671 g/mol. The summed E-state index contributed by atoms with van der Waals surface area (Å²) in [5.41, 5.74) is -12.8. The molecule has 0 aliphatic heterocycles. The van der Waals surface area contributed by atoms with E-state index in [9.17, 15) is 49.8 Å². The van der Waals surface area contributed by atoms with E-state index in [0.29, 0.717) is 0 Å². The fourth-order valence-corrected chi connectivity index (χ4v) is 7.44. The van der Waals surface area contributed by atoms with Crippen LogP contribution in [0.15, 0.2) is 42.7 Å². The van der Waals surface area contributed by atoms with Crippen LogP contribution in [0.4, 0.5) is 0 Å². The number of aliphatic hydroxyl groups excluding tert-OH is 2. The lowest BCUT2D eigenvalue weighted by molar-refractivity contribution is -0.417. The third-order valence-corrected chi connectivity index (χ3v) is 9.53. The first kappa shape index (κ1) is 33.4. The molecule has 16 heteroatoms. The second-order valence-electron chi connectivity index (χ2n) is 11.6. The van der Waals surface area contributed by atoms with E-state index in [1.807, 2.05) is 0 Å². The van der Waals surface area contributed by atoms with E-state index in [0.717, 1.165) is 40.6 Å². The summed E-state index contributed by atoms with van der Waals surface area (Å²) < 4.78 is 31.8. The lowest BCUT2D eigenvalue weighted by Crippen LogP contribution is -2.85. The molecule has 4 unspecified atom stereocenters. The Balaban J connectivity index is 1.78. The third-order valence-electron chi connectivity index (χ3n) is 9.53. The van der Waals surface area contributed by atoms with Crippen molar-refractivity contribution in [2.75, 3.05) is 28.4 Å². The van der Waals surface area contributed by atoms with Crippen LogP contribution in [0.25, 0.3) is 21.5 Å². The van der Waals surface area contributed by atoms with Crippen molar-refractivity contribution in [1.82, 2.24) is 0 Å². The van der Waals surface area contributed by atoms with Crippen LogP contribution in [0.5, 0.6) is 11.5 Å². The number of fused-ring (bicyclic) bond motifs is 4. The molecule has 2 aliphatic rings. The van der Waals surface area contributed by atoms with Gasteiger partial charge in [0.1, 0.15) is 46.0 Å². The van der Waals surface area contributed by atoms with E-state index >= 15 is 0 Å². The van der Waals surface area contributed by atoms with Crippen LogP contribution in [-0.4, -0.2) is 93.4 Å². The van der Waals surface area contributed by atoms with Crippen molar-refractivity contribution in [3.05, 3.63) is 78.9 Å². The predicted octanol–water partition coefficient (Wildman–Crippen LogP) is 0.527. The average Bonchev–Trinajstić information content (AvgIpc) is 3.03. The monoisotopic (exact) mass is 670 g/mol. The smallest absolute Gasteiger partial charge is 0.347 e.